The monoisotopic (exact) mass is 346 g/mol. The predicted molar refractivity (Wildman–Crippen MR) is 80.2 cm³/mol. The van der Waals surface area contributed by atoms with Gasteiger partial charge in [-0.1, -0.05) is 6.07 Å². The van der Waals surface area contributed by atoms with Crippen LogP contribution in [0.15, 0.2) is 23.1 Å². The van der Waals surface area contributed by atoms with Crippen LogP contribution in [0.25, 0.3) is 0 Å². The van der Waals surface area contributed by atoms with Gasteiger partial charge in [0.25, 0.3) is 0 Å². The van der Waals surface area contributed by atoms with Gasteiger partial charge in [-0.15, -0.1) is 0 Å². The minimum Gasteiger partial charge on any atom is -0.478 e. The molecule has 1 aromatic rings. The summed E-state index contributed by atoms with van der Waals surface area (Å²) in [6.45, 7) is 3.11. The molecule has 128 valence electrons. The number of sulfonamides is 1. The Hall–Kier alpha value is -1.55. The van der Waals surface area contributed by atoms with Crippen molar-refractivity contribution in [2.24, 2.45) is 0 Å². The van der Waals surface area contributed by atoms with E-state index in [-0.39, 0.29) is 13.2 Å². The first-order chi connectivity index (χ1) is 10.8. The van der Waals surface area contributed by atoms with Crippen molar-refractivity contribution in [3.05, 3.63) is 29.6 Å². The Bertz CT molecular complexity index is 694. The van der Waals surface area contributed by atoms with E-state index >= 15 is 0 Å². The number of piperazine rings is 1. The molecule has 1 aliphatic rings. The molecule has 2 rings (SSSR count). The van der Waals surface area contributed by atoms with Gasteiger partial charge in [0.15, 0.2) is 5.82 Å². The number of carboxylic acids is 1. The van der Waals surface area contributed by atoms with Crippen LogP contribution in [-0.4, -0.2) is 72.6 Å². The topological polar surface area (TPSA) is 98.2 Å². The summed E-state index contributed by atoms with van der Waals surface area (Å²) in [5.74, 6) is -2.76. The fraction of sp³-hybridized carbons (Fsp3) is 0.500. The quantitative estimate of drug-likeness (QED) is 0.791. The standard InChI is InChI=1S/C14H19FN2O5S/c1-10-9-16(7-8-18)5-6-17(10)23(21,22)12-4-2-3-11(13(12)15)14(19)20/h2-4,10,18H,5-9H2,1H3,(H,19,20). The average Bonchev–Trinajstić information content (AvgIpc) is 2.47. The van der Waals surface area contributed by atoms with Crippen molar-refractivity contribution < 1.29 is 27.8 Å². The van der Waals surface area contributed by atoms with Gasteiger partial charge in [0.1, 0.15) is 4.90 Å². The molecule has 1 aromatic carbocycles. The van der Waals surface area contributed by atoms with Crippen LogP contribution in [0.2, 0.25) is 0 Å². The highest BCUT2D eigenvalue weighted by Crippen LogP contribution is 2.25. The molecule has 1 aliphatic heterocycles. The van der Waals surface area contributed by atoms with E-state index in [1.807, 2.05) is 4.90 Å². The van der Waals surface area contributed by atoms with Gasteiger partial charge in [-0.25, -0.2) is 17.6 Å². The molecule has 0 aliphatic carbocycles. The third-order valence-electron chi connectivity index (χ3n) is 3.85. The van der Waals surface area contributed by atoms with Crippen molar-refractivity contribution in [3.63, 3.8) is 0 Å². The summed E-state index contributed by atoms with van der Waals surface area (Å²) >= 11 is 0. The van der Waals surface area contributed by atoms with E-state index in [2.05, 4.69) is 0 Å². The molecule has 7 nitrogen and oxygen atoms in total. The summed E-state index contributed by atoms with van der Waals surface area (Å²) in [7, 11) is -4.13. The molecule has 0 radical (unpaired) electrons. The second-order valence-electron chi connectivity index (χ2n) is 5.41. The van der Waals surface area contributed by atoms with E-state index < -0.39 is 38.3 Å². The van der Waals surface area contributed by atoms with Gasteiger partial charge in [0, 0.05) is 32.2 Å². The van der Waals surface area contributed by atoms with Crippen LogP contribution in [0.1, 0.15) is 17.3 Å². The summed E-state index contributed by atoms with van der Waals surface area (Å²) < 4.78 is 40.8. The van der Waals surface area contributed by atoms with Crippen molar-refractivity contribution in [1.29, 1.82) is 0 Å². The molecule has 9 heteroatoms. The Morgan fingerprint density at radius 3 is 2.65 bits per heavy atom. The van der Waals surface area contributed by atoms with Crippen molar-refractivity contribution >= 4 is 16.0 Å². The maximum atomic E-state index is 14.3. The van der Waals surface area contributed by atoms with Crippen molar-refractivity contribution in [2.45, 2.75) is 17.9 Å². The Labute approximate surface area is 134 Å². The van der Waals surface area contributed by atoms with Crippen LogP contribution in [0.3, 0.4) is 0 Å². The lowest BCUT2D eigenvalue weighted by atomic mass is 10.2. The van der Waals surface area contributed by atoms with Gasteiger partial charge in [-0.2, -0.15) is 4.31 Å². The number of hydrogen-bond acceptors (Lipinski definition) is 5. The summed E-state index contributed by atoms with van der Waals surface area (Å²) in [5.41, 5.74) is -0.669. The van der Waals surface area contributed by atoms with Crippen LogP contribution < -0.4 is 0 Å². The van der Waals surface area contributed by atoms with Crippen molar-refractivity contribution in [1.82, 2.24) is 9.21 Å². The highest BCUT2D eigenvalue weighted by molar-refractivity contribution is 7.89. The SMILES string of the molecule is CC1CN(CCO)CCN1S(=O)(=O)c1cccc(C(=O)O)c1F. The zero-order valence-corrected chi connectivity index (χ0v) is 13.5. The zero-order valence-electron chi connectivity index (χ0n) is 12.6. The van der Waals surface area contributed by atoms with Gasteiger partial charge < -0.3 is 10.2 Å². The Morgan fingerprint density at radius 1 is 1.39 bits per heavy atom. The number of rotatable bonds is 5. The molecule has 23 heavy (non-hydrogen) atoms. The van der Waals surface area contributed by atoms with E-state index in [9.17, 15) is 17.6 Å². The van der Waals surface area contributed by atoms with Gasteiger partial charge >= 0.3 is 5.97 Å². The highest BCUT2D eigenvalue weighted by Gasteiger charge is 2.36. The lowest BCUT2D eigenvalue weighted by Gasteiger charge is -2.38. The second-order valence-corrected chi connectivity index (χ2v) is 7.27. The molecule has 0 bridgehead atoms. The number of hydrogen-bond donors (Lipinski definition) is 2. The first-order valence-corrected chi connectivity index (χ1v) is 8.60. The maximum Gasteiger partial charge on any atom is 0.338 e. The van der Waals surface area contributed by atoms with Crippen molar-refractivity contribution in [3.8, 4) is 0 Å². The molecule has 0 saturated carbocycles. The minimum atomic E-state index is -4.13. The Kier molecular flexibility index (Phi) is 5.35. The largest absolute Gasteiger partial charge is 0.478 e. The summed E-state index contributed by atoms with van der Waals surface area (Å²) in [4.78, 5) is 12.3. The summed E-state index contributed by atoms with van der Waals surface area (Å²) in [6, 6.07) is 2.91. The van der Waals surface area contributed by atoms with Gasteiger partial charge in [0.05, 0.1) is 12.2 Å². The van der Waals surface area contributed by atoms with Crippen LogP contribution in [0, 0.1) is 5.82 Å². The number of carboxylic acid groups (broad SMARTS) is 1. The molecule has 0 spiro atoms. The summed E-state index contributed by atoms with van der Waals surface area (Å²) in [5, 5.41) is 17.9. The lowest BCUT2D eigenvalue weighted by molar-refractivity contribution is 0.0691. The molecule has 1 unspecified atom stereocenters. The summed E-state index contributed by atoms with van der Waals surface area (Å²) in [6.07, 6.45) is 0. The Balaban J connectivity index is 2.33. The average molecular weight is 346 g/mol. The smallest absolute Gasteiger partial charge is 0.338 e. The first kappa shape index (κ1) is 17.8. The zero-order chi connectivity index (χ0) is 17.2. The Morgan fingerprint density at radius 2 is 2.09 bits per heavy atom. The van der Waals surface area contributed by atoms with Gasteiger partial charge in [-0.3, -0.25) is 4.90 Å². The number of aliphatic hydroxyl groups excluding tert-OH is 1. The minimum absolute atomic E-state index is 0.0191. The van der Waals surface area contributed by atoms with Crippen LogP contribution >= 0.6 is 0 Å². The molecule has 1 heterocycles. The van der Waals surface area contributed by atoms with Crippen LogP contribution in [-0.2, 0) is 10.0 Å². The van der Waals surface area contributed by atoms with Crippen molar-refractivity contribution in [2.75, 3.05) is 32.8 Å². The number of halogens is 1. The predicted octanol–water partition coefficient (Wildman–Crippen LogP) is 0.211. The number of aromatic carboxylic acids is 1. The number of carbonyl (C=O) groups is 1. The molecular weight excluding hydrogens is 327 g/mol. The third kappa shape index (κ3) is 3.52. The van der Waals surface area contributed by atoms with E-state index in [0.29, 0.717) is 19.6 Å². The van der Waals surface area contributed by atoms with E-state index in [1.165, 1.54) is 10.4 Å². The molecule has 1 saturated heterocycles. The fourth-order valence-electron chi connectivity index (χ4n) is 2.72. The number of β-amino-alcohol motifs (C(OH)–C–C–N with tert-alkyl or cyclic N) is 1. The molecule has 0 aromatic heterocycles. The number of benzene rings is 1. The van der Waals surface area contributed by atoms with E-state index in [4.69, 9.17) is 10.2 Å². The van der Waals surface area contributed by atoms with E-state index in [0.717, 1.165) is 12.1 Å². The third-order valence-corrected chi connectivity index (χ3v) is 5.88. The molecular formula is C14H19FN2O5S. The molecule has 0 amide bonds. The van der Waals surface area contributed by atoms with E-state index in [1.54, 1.807) is 6.92 Å². The molecule has 1 fully saturated rings. The number of nitrogens with zero attached hydrogens (tertiary/aromatic N) is 2. The first-order valence-electron chi connectivity index (χ1n) is 7.16. The number of aliphatic hydroxyl groups is 1. The molecule has 1 atom stereocenters. The lowest BCUT2D eigenvalue weighted by Crippen LogP contribution is -2.54. The normalized spacial score (nSPS) is 20.6. The fourth-order valence-corrected chi connectivity index (χ4v) is 4.42. The molecule has 2 N–H and O–H groups in total. The van der Waals surface area contributed by atoms with Crippen LogP contribution in [0.5, 0.6) is 0 Å². The van der Waals surface area contributed by atoms with Gasteiger partial charge in [-0.05, 0) is 19.1 Å². The van der Waals surface area contributed by atoms with Crippen LogP contribution in [0.4, 0.5) is 4.39 Å². The second kappa shape index (κ2) is 6.91. The highest BCUT2D eigenvalue weighted by atomic mass is 32.2. The maximum absolute atomic E-state index is 14.3. The van der Waals surface area contributed by atoms with Gasteiger partial charge in [0.2, 0.25) is 10.0 Å².